The molecule has 1 fully saturated rings. The SMILES string of the molecule is CCOc1cccc(N2C(=O)C(=O)/C(=C(\O)c3ccc4c(c3)OCCO4)C2c2cccnc2)c1. The van der Waals surface area contributed by atoms with Gasteiger partial charge in [-0.25, -0.2) is 0 Å². The van der Waals surface area contributed by atoms with Crippen LogP contribution in [0, 0.1) is 0 Å². The van der Waals surface area contributed by atoms with Crippen LogP contribution in [0.1, 0.15) is 24.1 Å². The maximum absolute atomic E-state index is 13.3. The third kappa shape index (κ3) is 3.73. The number of hydrogen-bond donors (Lipinski definition) is 1. The highest BCUT2D eigenvalue weighted by Gasteiger charge is 2.47. The lowest BCUT2D eigenvalue weighted by Crippen LogP contribution is -2.29. The number of amides is 1. The fourth-order valence-electron chi connectivity index (χ4n) is 4.19. The van der Waals surface area contributed by atoms with E-state index in [1.54, 1.807) is 67.0 Å². The summed E-state index contributed by atoms with van der Waals surface area (Å²) >= 11 is 0. The van der Waals surface area contributed by atoms with Gasteiger partial charge in [-0.3, -0.25) is 19.5 Å². The minimum absolute atomic E-state index is 0.0310. The smallest absolute Gasteiger partial charge is 0.300 e. The number of anilines is 1. The average Bonchev–Trinajstić information content (AvgIpc) is 3.14. The van der Waals surface area contributed by atoms with Gasteiger partial charge in [0.05, 0.1) is 18.2 Å². The summed E-state index contributed by atoms with van der Waals surface area (Å²) in [6.45, 7) is 3.14. The molecule has 8 heteroatoms. The number of pyridine rings is 1. The van der Waals surface area contributed by atoms with E-state index in [4.69, 9.17) is 14.2 Å². The zero-order chi connectivity index (χ0) is 23.7. The van der Waals surface area contributed by atoms with Crippen molar-refractivity contribution in [2.75, 3.05) is 24.7 Å². The number of hydrogen-bond acceptors (Lipinski definition) is 7. The quantitative estimate of drug-likeness (QED) is 0.352. The molecule has 34 heavy (non-hydrogen) atoms. The van der Waals surface area contributed by atoms with Crippen LogP contribution in [0.2, 0.25) is 0 Å². The first-order valence-corrected chi connectivity index (χ1v) is 10.9. The number of rotatable bonds is 5. The molecular formula is C26H22N2O6. The van der Waals surface area contributed by atoms with Crippen molar-refractivity contribution >= 4 is 23.1 Å². The fourth-order valence-corrected chi connectivity index (χ4v) is 4.19. The number of fused-ring (bicyclic) bond motifs is 1. The van der Waals surface area contributed by atoms with Crippen LogP contribution in [-0.4, -0.2) is 41.6 Å². The van der Waals surface area contributed by atoms with Gasteiger partial charge in [0, 0.05) is 29.7 Å². The van der Waals surface area contributed by atoms with Crippen LogP contribution in [0.5, 0.6) is 17.2 Å². The Labute approximate surface area is 196 Å². The Morgan fingerprint density at radius 3 is 2.68 bits per heavy atom. The van der Waals surface area contributed by atoms with Crippen LogP contribution in [0.15, 0.2) is 72.6 Å². The van der Waals surface area contributed by atoms with Crippen molar-refractivity contribution in [1.29, 1.82) is 0 Å². The van der Waals surface area contributed by atoms with Gasteiger partial charge in [0.15, 0.2) is 11.5 Å². The molecule has 1 N–H and O–H groups in total. The standard InChI is InChI=1S/C26H22N2O6/c1-2-32-19-7-3-6-18(14-19)28-23(17-5-4-10-27-15-17)22(25(30)26(28)31)24(29)16-8-9-20-21(13-16)34-12-11-33-20/h3-10,13-15,23,29H,2,11-12H2,1H3/b24-22-. The molecule has 172 valence electrons. The van der Waals surface area contributed by atoms with Gasteiger partial charge in [0.25, 0.3) is 11.7 Å². The molecule has 2 aromatic carbocycles. The van der Waals surface area contributed by atoms with E-state index in [0.717, 1.165) is 0 Å². The van der Waals surface area contributed by atoms with Crippen molar-refractivity contribution in [2.45, 2.75) is 13.0 Å². The Bertz CT molecular complexity index is 1290. The first-order chi connectivity index (χ1) is 16.6. The molecule has 3 aromatic rings. The summed E-state index contributed by atoms with van der Waals surface area (Å²) in [4.78, 5) is 32.1. The number of ether oxygens (including phenoxy) is 3. The van der Waals surface area contributed by atoms with E-state index in [1.165, 1.54) is 4.90 Å². The average molecular weight is 458 g/mol. The van der Waals surface area contributed by atoms with E-state index < -0.39 is 17.7 Å². The Balaban J connectivity index is 1.66. The summed E-state index contributed by atoms with van der Waals surface area (Å²) in [6, 6.07) is 14.5. The number of aliphatic hydroxyl groups excluding tert-OH is 1. The fraction of sp³-hybridized carbons (Fsp3) is 0.192. The molecule has 3 heterocycles. The number of aliphatic hydroxyl groups is 1. The molecule has 1 saturated heterocycles. The molecule has 5 rings (SSSR count). The number of carbonyl (C=O) groups excluding carboxylic acids is 2. The molecule has 1 aromatic heterocycles. The van der Waals surface area contributed by atoms with E-state index in [2.05, 4.69) is 4.98 Å². The lowest BCUT2D eigenvalue weighted by Gasteiger charge is -2.25. The number of ketones is 1. The second kappa shape index (κ2) is 8.90. The lowest BCUT2D eigenvalue weighted by atomic mass is 9.96. The molecule has 0 spiro atoms. The molecule has 1 amide bonds. The van der Waals surface area contributed by atoms with Crippen LogP contribution in [0.4, 0.5) is 5.69 Å². The Morgan fingerprint density at radius 1 is 1.09 bits per heavy atom. The predicted octanol–water partition coefficient (Wildman–Crippen LogP) is 3.88. The zero-order valence-corrected chi connectivity index (χ0v) is 18.4. The molecule has 0 radical (unpaired) electrons. The van der Waals surface area contributed by atoms with Crippen LogP contribution in [0.3, 0.4) is 0 Å². The summed E-state index contributed by atoms with van der Waals surface area (Å²) in [7, 11) is 0. The third-order valence-electron chi connectivity index (χ3n) is 5.67. The Hall–Kier alpha value is -4.33. The van der Waals surface area contributed by atoms with Gasteiger partial charge in [-0.1, -0.05) is 12.1 Å². The van der Waals surface area contributed by atoms with Crippen molar-refractivity contribution in [1.82, 2.24) is 4.98 Å². The monoisotopic (exact) mass is 458 g/mol. The summed E-state index contributed by atoms with van der Waals surface area (Å²) in [5.74, 6) is -0.248. The largest absolute Gasteiger partial charge is 0.507 e. The van der Waals surface area contributed by atoms with Crippen molar-refractivity contribution < 1.29 is 28.9 Å². The van der Waals surface area contributed by atoms with Crippen molar-refractivity contribution in [3.05, 3.63) is 83.7 Å². The summed E-state index contributed by atoms with van der Waals surface area (Å²) in [5, 5.41) is 11.3. The van der Waals surface area contributed by atoms with E-state index in [0.29, 0.717) is 53.9 Å². The van der Waals surface area contributed by atoms with Gasteiger partial charge in [0.1, 0.15) is 24.7 Å². The molecule has 0 saturated carbocycles. The highest BCUT2D eigenvalue weighted by Crippen LogP contribution is 2.43. The van der Waals surface area contributed by atoms with Gasteiger partial charge in [-0.15, -0.1) is 0 Å². The molecule has 0 bridgehead atoms. The Morgan fingerprint density at radius 2 is 1.91 bits per heavy atom. The van der Waals surface area contributed by atoms with Crippen LogP contribution >= 0.6 is 0 Å². The van der Waals surface area contributed by atoms with Gasteiger partial charge >= 0.3 is 0 Å². The summed E-state index contributed by atoms with van der Waals surface area (Å²) < 4.78 is 16.7. The zero-order valence-electron chi connectivity index (χ0n) is 18.4. The number of benzene rings is 2. The normalized spacial score (nSPS) is 18.7. The van der Waals surface area contributed by atoms with Crippen LogP contribution in [0.25, 0.3) is 5.76 Å². The lowest BCUT2D eigenvalue weighted by molar-refractivity contribution is -0.132. The third-order valence-corrected chi connectivity index (χ3v) is 5.67. The maximum Gasteiger partial charge on any atom is 0.300 e. The predicted molar refractivity (Wildman–Crippen MR) is 124 cm³/mol. The first-order valence-electron chi connectivity index (χ1n) is 10.9. The topological polar surface area (TPSA) is 98.2 Å². The highest BCUT2D eigenvalue weighted by molar-refractivity contribution is 6.51. The molecule has 1 unspecified atom stereocenters. The molecule has 2 aliphatic heterocycles. The molecule has 8 nitrogen and oxygen atoms in total. The van der Waals surface area contributed by atoms with E-state index in [9.17, 15) is 14.7 Å². The van der Waals surface area contributed by atoms with Crippen molar-refractivity contribution in [3.63, 3.8) is 0 Å². The molecule has 2 aliphatic rings. The van der Waals surface area contributed by atoms with Gasteiger partial charge in [0.2, 0.25) is 0 Å². The minimum Gasteiger partial charge on any atom is -0.507 e. The number of carbonyl (C=O) groups is 2. The molecule has 0 aliphatic carbocycles. The summed E-state index contributed by atoms with van der Waals surface area (Å²) in [5.41, 5.74) is 1.38. The second-order valence-electron chi connectivity index (χ2n) is 7.74. The van der Waals surface area contributed by atoms with Crippen LogP contribution < -0.4 is 19.1 Å². The number of Topliss-reactive ketones (excluding diaryl/α,β-unsaturated/α-hetero) is 1. The number of nitrogens with zero attached hydrogens (tertiary/aromatic N) is 2. The molecule has 1 atom stereocenters. The van der Waals surface area contributed by atoms with E-state index >= 15 is 0 Å². The number of aromatic nitrogens is 1. The van der Waals surface area contributed by atoms with Gasteiger partial charge in [-0.05, 0) is 48.9 Å². The van der Waals surface area contributed by atoms with E-state index in [-0.39, 0.29) is 11.3 Å². The van der Waals surface area contributed by atoms with Crippen LogP contribution in [-0.2, 0) is 9.59 Å². The van der Waals surface area contributed by atoms with E-state index in [1.807, 2.05) is 6.92 Å². The minimum atomic E-state index is -0.876. The second-order valence-corrected chi connectivity index (χ2v) is 7.74. The van der Waals surface area contributed by atoms with Gasteiger partial charge in [-0.2, -0.15) is 0 Å². The maximum atomic E-state index is 13.3. The Kier molecular flexibility index (Phi) is 5.63. The van der Waals surface area contributed by atoms with Crippen molar-refractivity contribution in [2.24, 2.45) is 0 Å². The summed E-state index contributed by atoms with van der Waals surface area (Å²) in [6.07, 6.45) is 3.18. The molecular weight excluding hydrogens is 436 g/mol. The van der Waals surface area contributed by atoms with Gasteiger partial charge < -0.3 is 19.3 Å². The van der Waals surface area contributed by atoms with Crippen molar-refractivity contribution in [3.8, 4) is 17.2 Å². The highest BCUT2D eigenvalue weighted by atomic mass is 16.6. The first kappa shape index (κ1) is 21.5.